The molecule has 43 heavy (non-hydrogen) atoms. The van der Waals surface area contributed by atoms with E-state index in [1.807, 2.05) is 6.92 Å². The molecule has 4 N–H and O–H groups in total. The van der Waals surface area contributed by atoms with Gasteiger partial charge in [-0.3, -0.25) is 0 Å². The third kappa shape index (κ3) is 3.26. The zero-order chi connectivity index (χ0) is 30.7. The van der Waals surface area contributed by atoms with Crippen LogP contribution < -0.4 is 0 Å². The molecule has 8 heteroatoms. The predicted molar refractivity (Wildman–Crippen MR) is 157 cm³/mol. The van der Waals surface area contributed by atoms with E-state index in [9.17, 15) is 20.4 Å². The summed E-state index contributed by atoms with van der Waals surface area (Å²) in [5, 5.41) is 43.4. The maximum absolute atomic E-state index is 12.6. The molecule has 3 spiro atoms. The van der Waals surface area contributed by atoms with E-state index in [0.29, 0.717) is 17.8 Å². The molecule has 0 radical (unpaired) electrons. The largest absolute Gasteiger partial charge is 0.388 e. The monoisotopic (exact) mass is 602 g/mol. The fourth-order valence-electron chi connectivity index (χ4n) is 13.8. The van der Waals surface area contributed by atoms with Crippen molar-refractivity contribution in [2.45, 2.75) is 148 Å². The van der Waals surface area contributed by atoms with Gasteiger partial charge in [0.05, 0.1) is 18.8 Å². The average Bonchev–Trinajstić information content (AvgIpc) is 3.46. The first-order valence-corrected chi connectivity index (χ1v) is 17.1. The first-order valence-electron chi connectivity index (χ1n) is 17.1. The summed E-state index contributed by atoms with van der Waals surface area (Å²) in [7, 11) is 0. The van der Waals surface area contributed by atoms with Gasteiger partial charge in [0.2, 0.25) is 0 Å². The molecule has 5 saturated carbocycles. The summed E-state index contributed by atoms with van der Waals surface area (Å²) in [4.78, 5) is 0. The summed E-state index contributed by atoms with van der Waals surface area (Å²) < 4.78 is 25.9. The van der Waals surface area contributed by atoms with Crippen molar-refractivity contribution < 1.29 is 39.4 Å². The lowest BCUT2D eigenvalue weighted by molar-refractivity contribution is -0.303. The molecule has 0 aromatic carbocycles. The number of ether oxygens (including phenoxy) is 4. The fourth-order valence-corrected chi connectivity index (χ4v) is 13.8. The standard InChI is InChI=1S/C35H54O8/c1-17(2)26-20-14-18(3)27-31(6)12-13-34-16-33(34)11-10-23(41-28-25(38)24(37)19(36)15-40-28)30(4,5)21(33)8-9-22(34)32(31,7)29(39)35(27,42-20)43-26/h18-29,36-39H,1,8-16H2,2-7H3/t18?,19-,20?,21?,22?,23+,24+,25-,26?,27?,28+,29?,31-,32?,33-,34+,35?/m1/s1. The Hall–Kier alpha value is -0.580. The van der Waals surface area contributed by atoms with Crippen molar-refractivity contribution in [2.24, 2.45) is 50.7 Å². The minimum Gasteiger partial charge on any atom is -0.388 e. The van der Waals surface area contributed by atoms with Crippen molar-refractivity contribution in [1.82, 2.24) is 0 Å². The summed E-state index contributed by atoms with van der Waals surface area (Å²) in [5.74, 6) is 0.477. The van der Waals surface area contributed by atoms with Crippen LogP contribution in [0.4, 0.5) is 0 Å². The maximum Gasteiger partial charge on any atom is 0.199 e. The number of aliphatic hydroxyl groups is 4. The first kappa shape index (κ1) is 29.8. The topological polar surface area (TPSA) is 118 Å². The Morgan fingerprint density at radius 2 is 1.58 bits per heavy atom. The van der Waals surface area contributed by atoms with Crippen LogP contribution in [0.2, 0.25) is 0 Å². The molecule has 17 atom stereocenters. The summed E-state index contributed by atoms with van der Waals surface area (Å²) in [6.45, 7) is 18.1. The second kappa shape index (κ2) is 8.85. The highest BCUT2D eigenvalue weighted by atomic mass is 16.8. The second-order valence-corrected chi connectivity index (χ2v) is 17.5. The van der Waals surface area contributed by atoms with Crippen LogP contribution in [0.3, 0.4) is 0 Å². The molecule has 5 aliphatic carbocycles. The van der Waals surface area contributed by atoms with Crippen LogP contribution in [-0.2, 0) is 18.9 Å². The van der Waals surface area contributed by atoms with Crippen LogP contribution in [0, 0.1) is 50.7 Å². The van der Waals surface area contributed by atoms with E-state index in [0.717, 1.165) is 44.1 Å². The molecule has 8 nitrogen and oxygen atoms in total. The molecule has 8 aliphatic rings. The van der Waals surface area contributed by atoms with Gasteiger partial charge in [-0.25, -0.2) is 0 Å². The molecular formula is C35H54O8. The quantitative estimate of drug-likeness (QED) is 0.284. The predicted octanol–water partition coefficient (Wildman–Crippen LogP) is 3.93. The first-order chi connectivity index (χ1) is 20.1. The summed E-state index contributed by atoms with van der Waals surface area (Å²) >= 11 is 0. The van der Waals surface area contributed by atoms with E-state index in [1.54, 1.807) is 0 Å². The van der Waals surface area contributed by atoms with Gasteiger partial charge in [0.1, 0.15) is 30.5 Å². The molecule has 3 aliphatic heterocycles. The Morgan fingerprint density at radius 1 is 0.884 bits per heavy atom. The van der Waals surface area contributed by atoms with Crippen molar-refractivity contribution >= 4 is 0 Å². The van der Waals surface area contributed by atoms with Gasteiger partial charge in [0, 0.05) is 11.3 Å². The normalized spacial score (nSPS) is 62.8. The number of hydrogen-bond donors (Lipinski definition) is 4. The van der Waals surface area contributed by atoms with Crippen LogP contribution in [0.1, 0.15) is 92.9 Å². The van der Waals surface area contributed by atoms with E-state index in [2.05, 4.69) is 41.2 Å². The highest BCUT2D eigenvalue weighted by molar-refractivity contribution is 5.34. The van der Waals surface area contributed by atoms with E-state index in [4.69, 9.17) is 18.9 Å². The summed E-state index contributed by atoms with van der Waals surface area (Å²) in [6, 6.07) is 0. The molecule has 9 unspecified atom stereocenters. The number of fused-ring (bicyclic) bond motifs is 4. The summed E-state index contributed by atoms with van der Waals surface area (Å²) in [6.07, 6.45) is 2.97. The smallest absolute Gasteiger partial charge is 0.199 e. The Bertz CT molecular complexity index is 1210. The highest BCUT2D eigenvalue weighted by Crippen LogP contribution is 2.90. The van der Waals surface area contributed by atoms with Crippen molar-refractivity contribution in [2.75, 3.05) is 6.61 Å². The number of aliphatic hydroxyl groups excluding tert-OH is 4. The van der Waals surface area contributed by atoms with Crippen molar-refractivity contribution in [3.8, 4) is 0 Å². The third-order valence-corrected chi connectivity index (χ3v) is 15.7. The van der Waals surface area contributed by atoms with E-state index < -0.39 is 36.5 Å². The van der Waals surface area contributed by atoms with Crippen LogP contribution >= 0.6 is 0 Å². The molecule has 0 amide bonds. The fraction of sp³-hybridized carbons (Fsp3) is 0.943. The van der Waals surface area contributed by atoms with E-state index >= 15 is 0 Å². The summed E-state index contributed by atoms with van der Waals surface area (Å²) in [5.41, 5.74) is 0.877. The zero-order valence-corrected chi connectivity index (χ0v) is 26.9. The van der Waals surface area contributed by atoms with Gasteiger partial charge in [-0.1, -0.05) is 41.2 Å². The Balaban J connectivity index is 1.10. The van der Waals surface area contributed by atoms with Crippen molar-refractivity contribution in [3.05, 3.63) is 12.2 Å². The lowest BCUT2D eigenvalue weighted by Crippen LogP contribution is -2.61. The Labute approximate surface area is 256 Å². The van der Waals surface area contributed by atoms with Gasteiger partial charge >= 0.3 is 0 Å². The zero-order valence-electron chi connectivity index (χ0n) is 26.9. The highest BCUT2D eigenvalue weighted by Gasteiger charge is 2.88. The van der Waals surface area contributed by atoms with Gasteiger partial charge in [0.25, 0.3) is 0 Å². The number of rotatable bonds is 3. The minimum absolute atomic E-state index is 0.0326. The lowest BCUT2D eigenvalue weighted by atomic mass is 9.41. The Kier molecular flexibility index (Phi) is 6.14. The molecule has 8 rings (SSSR count). The van der Waals surface area contributed by atoms with Gasteiger partial charge in [-0.05, 0) is 103 Å². The molecule has 0 aromatic rings. The molecule has 3 saturated heterocycles. The van der Waals surface area contributed by atoms with E-state index in [1.165, 1.54) is 12.8 Å². The van der Waals surface area contributed by atoms with Crippen molar-refractivity contribution in [3.63, 3.8) is 0 Å². The minimum atomic E-state index is -1.27. The molecule has 242 valence electrons. The Morgan fingerprint density at radius 3 is 2.30 bits per heavy atom. The number of hydrogen-bond acceptors (Lipinski definition) is 8. The maximum atomic E-state index is 12.6. The molecule has 0 aromatic heterocycles. The average molecular weight is 603 g/mol. The van der Waals surface area contributed by atoms with Gasteiger partial charge < -0.3 is 39.4 Å². The molecule has 8 fully saturated rings. The molecule has 2 bridgehead atoms. The SMILES string of the molecule is C=C(C)C1OC23OC1CC(C)C2[C@@]1(C)CC[C@@]24C[C@@]25CC[C@H](O[C@@H]2OC[C@@H](O)[C@H](O)[C@H]2O)C(C)(C)C5CCC4C1(C)C3O. The molecule has 3 heterocycles. The molecular weight excluding hydrogens is 548 g/mol. The van der Waals surface area contributed by atoms with Gasteiger partial charge in [-0.15, -0.1) is 0 Å². The van der Waals surface area contributed by atoms with Crippen molar-refractivity contribution in [1.29, 1.82) is 0 Å². The van der Waals surface area contributed by atoms with Crippen LogP contribution in [-0.4, -0.2) is 81.8 Å². The van der Waals surface area contributed by atoms with Gasteiger partial charge in [-0.2, -0.15) is 0 Å². The van der Waals surface area contributed by atoms with Gasteiger partial charge in [0.15, 0.2) is 12.1 Å². The third-order valence-electron chi connectivity index (χ3n) is 15.7. The van der Waals surface area contributed by atoms with Crippen LogP contribution in [0.5, 0.6) is 0 Å². The van der Waals surface area contributed by atoms with E-state index in [-0.39, 0.29) is 57.9 Å². The second-order valence-electron chi connectivity index (χ2n) is 17.5. The lowest BCUT2D eigenvalue weighted by Gasteiger charge is -2.63. The van der Waals surface area contributed by atoms with Crippen LogP contribution in [0.15, 0.2) is 12.2 Å². The van der Waals surface area contributed by atoms with Crippen LogP contribution in [0.25, 0.3) is 0 Å².